The molecular weight excluding hydrogens is 437 g/mol. The van der Waals surface area contributed by atoms with Crippen LogP contribution in [0, 0.1) is 0 Å². The van der Waals surface area contributed by atoms with Crippen molar-refractivity contribution in [1.29, 1.82) is 0 Å². The molecule has 0 bridgehead atoms. The molecule has 0 aliphatic rings. The van der Waals surface area contributed by atoms with Crippen molar-refractivity contribution >= 4 is 31.3 Å². The Hall–Kier alpha value is -2.28. The van der Waals surface area contributed by atoms with E-state index in [1.165, 1.54) is 13.8 Å². The molecule has 2 rings (SSSR count). The lowest BCUT2D eigenvalue weighted by Gasteiger charge is -2.24. The van der Waals surface area contributed by atoms with Crippen LogP contribution < -0.4 is 14.1 Å². The van der Waals surface area contributed by atoms with Crippen LogP contribution in [0.15, 0.2) is 53.4 Å². The van der Waals surface area contributed by atoms with Crippen molar-refractivity contribution in [3.05, 3.63) is 54.1 Å². The molecular formula is C22H28NO6PS. The van der Waals surface area contributed by atoms with Crippen LogP contribution in [-0.4, -0.2) is 30.7 Å². The quantitative estimate of drug-likeness (QED) is 0.265. The lowest BCUT2D eigenvalue weighted by Crippen LogP contribution is -2.35. The molecule has 2 aromatic carbocycles. The van der Waals surface area contributed by atoms with Gasteiger partial charge in [0.15, 0.2) is 0 Å². The number of carbonyl (C=O) groups is 2. The molecule has 0 fully saturated rings. The number of esters is 1. The van der Waals surface area contributed by atoms with Crippen molar-refractivity contribution in [2.24, 2.45) is 0 Å². The van der Waals surface area contributed by atoms with Crippen molar-refractivity contribution in [2.75, 3.05) is 12.9 Å². The van der Waals surface area contributed by atoms with Crippen molar-refractivity contribution in [1.82, 2.24) is 5.09 Å². The summed E-state index contributed by atoms with van der Waals surface area (Å²) in [6.45, 7) is 4.92. The first kappa shape index (κ1) is 25.0. The Morgan fingerprint density at radius 2 is 1.77 bits per heavy atom. The molecule has 1 unspecified atom stereocenters. The van der Waals surface area contributed by atoms with E-state index in [1.54, 1.807) is 49.0 Å². The van der Waals surface area contributed by atoms with Crippen LogP contribution in [0.2, 0.25) is 0 Å². The summed E-state index contributed by atoms with van der Waals surface area (Å²) >= 11 is 1.57. The molecule has 2 atom stereocenters. The van der Waals surface area contributed by atoms with Crippen molar-refractivity contribution < 1.29 is 27.9 Å². The normalized spacial score (nSPS) is 13.7. The van der Waals surface area contributed by atoms with Gasteiger partial charge in [-0.05, 0) is 69.3 Å². The van der Waals surface area contributed by atoms with E-state index in [2.05, 4.69) is 5.09 Å². The zero-order valence-electron chi connectivity index (χ0n) is 18.1. The zero-order chi connectivity index (χ0) is 22.9. The van der Waals surface area contributed by atoms with Gasteiger partial charge in [0.2, 0.25) is 0 Å². The van der Waals surface area contributed by atoms with Gasteiger partial charge in [-0.2, -0.15) is 5.09 Å². The van der Waals surface area contributed by atoms with E-state index in [0.717, 1.165) is 4.90 Å². The number of para-hydroxylation sites is 1. The van der Waals surface area contributed by atoms with Crippen LogP contribution in [0.1, 0.15) is 32.8 Å². The monoisotopic (exact) mass is 465 g/mol. The summed E-state index contributed by atoms with van der Waals surface area (Å²) in [4.78, 5) is 24.5. The average molecular weight is 466 g/mol. The molecule has 168 valence electrons. The van der Waals surface area contributed by atoms with E-state index in [0.29, 0.717) is 29.9 Å². The van der Waals surface area contributed by atoms with Crippen LogP contribution in [-0.2, 0) is 25.3 Å². The average Bonchev–Trinajstić information content (AvgIpc) is 2.73. The Bertz CT molecular complexity index is 934. The molecule has 0 radical (unpaired) electrons. The van der Waals surface area contributed by atoms with Gasteiger partial charge < -0.3 is 18.6 Å². The highest BCUT2D eigenvalue weighted by atomic mass is 32.2. The van der Waals surface area contributed by atoms with E-state index < -0.39 is 19.8 Å². The van der Waals surface area contributed by atoms with Gasteiger partial charge in [0.1, 0.15) is 23.3 Å². The molecule has 7 nitrogen and oxygen atoms in total. The number of aryl methyl sites for hydroxylation is 1. The highest BCUT2D eigenvalue weighted by molar-refractivity contribution is 7.98. The summed E-state index contributed by atoms with van der Waals surface area (Å²) in [5.74, 6) is 0.108. The van der Waals surface area contributed by atoms with Gasteiger partial charge in [-0.15, -0.1) is 11.8 Å². The van der Waals surface area contributed by atoms with Gasteiger partial charge in [0, 0.05) is 11.3 Å². The second kappa shape index (κ2) is 11.9. The number of nitrogens with one attached hydrogen (secondary N) is 1. The first-order valence-electron chi connectivity index (χ1n) is 9.91. The Labute approximate surface area is 187 Å². The number of thioether (sulfide) groups is 1. The maximum atomic E-state index is 13.7. The van der Waals surface area contributed by atoms with E-state index in [-0.39, 0.29) is 12.4 Å². The maximum Gasteiger partial charge on any atom is 0.513 e. The third kappa shape index (κ3) is 8.05. The summed E-state index contributed by atoms with van der Waals surface area (Å²) in [7, 11) is -4.04. The van der Waals surface area contributed by atoms with Gasteiger partial charge in [0.05, 0.1) is 6.61 Å². The van der Waals surface area contributed by atoms with Crippen LogP contribution in [0.5, 0.6) is 11.5 Å². The fourth-order valence-corrected chi connectivity index (χ4v) is 4.61. The highest BCUT2D eigenvalue weighted by Gasteiger charge is 2.34. The minimum Gasteiger partial charge on any atom is -0.465 e. The number of ketones is 1. The van der Waals surface area contributed by atoms with Crippen molar-refractivity contribution in [3.8, 4) is 11.5 Å². The number of hydrogen-bond donors (Lipinski definition) is 1. The van der Waals surface area contributed by atoms with Crippen LogP contribution >= 0.6 is 19.5 Å². The molecule has 0 saturated heterocycles. The van der Waals surface area contributed by atoms with E-state index in [1.807, 2.05) is 24.5 Å². The number of rotatable bonds is 12. The minimum absolute atomic E-state index is 0.0391. The molecule has 1 N–H and O–H groups in total. The molecule has 0 spiro atoms. The van der Waals surface area contributed by atoms with Gasteiger partial charge in [0.25, 0.3) is 0 Å². The number of hydrogen-bond acceptors (Lipinski definition) is 7. The van der Waals surface area contributed by atoms with Gasteiger partial charge in [-0.3, -0.25) is 4.79 Å². The van der Waals surface area contributed by atoms with Crippen molar-refractivity contribution in [3.63, 3.8) is 0 Å². The van der Waals surface area contributed by atoms with Crippen molar-refractivity contribution in [2.45, 2.75) is 44.6 Å². The second-order valence-corrected chi connectivity index (χ2v) is 9.27. The summed E-state index contributed by atoms with van der Waals surface area (Å²) in [5, 5.41) is 2.66. The number of carbonyl (C=O) groups excluding carboxylic acids is 2. The number of ether oxygens (including phenoxy) is 1. The lowest BCUT2D eigenvalue weighted by atomic mass is 10.1. The highest BCUT2D eigenvalue weighted by Crippen LogP contribution is 2.46. The third-order valence-corrected chi connectivity index (χ3v) is 6.55. The largest absolute Gasteiger partial charge is 0.513 e. The van der Waals surface area contributed by atoms with E-state index in [9.17, 15) is 14.2 Å². The molecule has 0 saturated carbocycles. The van der Waals surface area contributed by atoms with Gasteiger partial charge in [-0.25, -0.2) is 4.57 Å². The molecule has 0 aliphatic carbocycles. The molecule has 0 heterocycles. The molecule has 9 heteroatoms. The SMILES string of the molecule is CCOC(=O)[C@H](C)NP(=O)(Oc1ccc(SC)cc1)Oc1ccccc1CCC(C)=O. The fraction of sp³-hybridized carbons (Fsp3) is 0.364. The first-order chi connectivity index (χ1) is 14.8. The minimum atomic E-state index is -4.04. The Morgan fingerprint density at radius 1 is 1.10 bits per heavy atom. The smallest absolute Gasteiger partial charge is 0.465 e. The maximum absolute atomic E-state index is 13.7. The summed E-state index contributed by atoms with van der Waals surface area (Å²) in [6, 6.07) is 13.1. The predicted octanol–water partition coefficient (Wildman–Crippen LogP) is 5.04. The van der Waals surface area contributed by atoms with Crippen LogP contribution in [0.4, 0.5) is 0 Å². The Kier molecular flexibility index (Phi) is 9.62. The first-order valence-corrected chi connectivity index (χ1v) is 12.7. The van der Waals surface area contributed by atoms with Crippen LogP contribution in [0.25, 0.3) is 0 Å². The molecule has 0 aliphatic heterocycles. The number of Topliss-reactive ketones (excluding diaryl/α,β-unsaturated/α-hetero) is 1. The summed E-state index contributed by atoms with van der Waals surface area (Å²) in [5.41, 5.74) is 0.713. The van der Waals surface area contributed by atoms with Gasteiger partial charge >= 0.3 is 13.7 Å². The predicted molar refractivity (Wildman–Crippen MR) is 122 cm³/mol. The van der Waals surface area contributed by atoms with Crippen LogP contribution in [0.3, 0.4) is 0 Å². The molecule has 2 aromatic rings. The second-order valence-electron chi connectivity index (χ2n) is 6.77. The number of benzene rings is 2. The standard InChI is InChI=1S/C22H28NO6PS/c1-5-27-22(25)17(3)23-30(26,28-19-12-14-20(31-4)15-13-19)29-21-9-7-6-8-18(21)11-10-16(2)24/h6-9,12-15,17H,5,10-11H2,1-4H3,(H,23,26)/t17-,30?/m0/s1. The topological polar surface area (TPSA) is 90.9 Å². The fourth-order valence-electron chi connectivity index (χ4n) is 2.64. The Morgan fingerprint density at radius 3 is 2.39 bits per heavy atom. The molecule has 0 amide bonds. The van der Waals surface area contributed by atoms with E-state index >= 15 is 0 Å². The van der Waals surface area contributed by atoms with E-state index in [4.69, 9.17) is 13.8 Å². The lowest BCUT2D eigenvalue weighted by molar-refractivity contribution is -0.144. The third-order valence-electron chi connectivity index (χ3n) is 4.21. The van der Waals surface area contributed by atoms with Gasteiger partial charge in [-0.1, -0.05) is 18.2 Å². The molecule has 0 aromatic heterocycles. The summed E-state index contributed by atoms with van der Waals surface area (Å²) < 4.78 is 30.2. The zero-order valence-corrected chi connectivity index (χ0v) is 19.8. The summed E-state index contributed by atoms with van der Waals surface area (Å²) in [6.07, 6.45) is 2.71. The Balaban J connectivity index is 2.31. The molecule has 31 heavy (non-hydrogen) atoms.